The fourth-order valence-electron chi connectivity index (χ4n) is 2.33. The summed E-state index contributed by atoms with van der Waals surface area (Å²) >= 11 is 0. The Kier molecular flexibility index (Phi) is 3.16. The lowest BCUT2D eigenvalue weighted by Gasteiger charge is -2.11. The zero-order valence-corrected chi connectivity index (χ0v) is 11.4. The van der Waals surface area contributed by atoms with Crippen molar-refractivity contribution in [2.75, 3.05) is 11.5 Å². The molecule has 0 bridgehead atoms. The zero-order valence-electron chi connectivity index (χ0n) is 11.4. The molecular weight excluding hydrogens is 291 g/mol. The highest BCUT2D eigenvalue weighted by Crippen LogP contribution is 2.34. The highest BCUT2D eigenvalue weighted by atomic mass is 19.4. The fourth-order valence-corrected chi connectivity index (χ4v) is 2.33. The number of hydrogen-bond donors (Lipinski definition) is 2. The number of nitrogen functional groups attached to an aromatic ring is 2. The topological polar surface area (TPSA) is 64.9 Å². The van der Waals surface area contributed by atoms with E-state index in [2.05, 4.69) is 4.98 Å². The van der Waals surface area contributed by atoms with E-state index in [0.29, 0.717) is 27.7 Å². The number of aromatic nitrogens is 1. The van der Waals surface area contributed by atoms with Crippen LogP contribution in [0.3, 0.4) is 0 Å². The molecule has 0 aliphatic heterocycles. The Morgan fingerprint density at radius 2 is 1.59 bits per heavy atom. The third-order valence-electron chi connectivity index (χ3n) is 3.42. The third kappa shape index (κ3) is 2.43. The SMILES string of the molecule is Nc1cccc2c(N)nc(-c3cccc(C(F)(F)F)c3)cc12. The van der Waals surface area contributed by atoms with E-state index in [9.17, 15) is 13.2 Å². The van der Waals surface area contributed by atoms with Crippen molar-refractivity contribution < 1.29 is 13.2 Å². The number of nitrogens with zero attached hydrogens (tertiary/aromatic N) is 1. The molecule has 0 atom stereocenters. The molecular formula is C16H12F3N3. The molecule has 3 nitrogen and oxygen atoms in total. The molecule has 1 aromatic heterocycles. The number of rotatable bonds is 1. The Morgan fingerprint density at radius 3 is 2.32 bits per heavy atom. The van der Waals surface area contributed by atoms with Crippen LogP contribution in [0.1, 0.15) is 5.56 Å². The highest BCUT2D eigenvalue weighted by molar-refractivity contribution is 6.00. The summed E-state index contributed by atoms with van der Waals surface area (Å²) in [6.45, 7) is 0. The first-order valence-electron chi connectivity index (χ1n) is 6.48. The van der Waals surface area contributed by atoms with E-state index in [-0.39, 0.29) is 5.82 Å². The summed E-state index contributed by atoms with van der Waals surface area (Å²) in [5.74, 6) is 0.234. The molecule has 0 radical (unpaired) electrons. The number of alkyl halides is 3. The van der Waals surface area contributed by atoms with E-state index in [1.165, 1.54) is 6.07 Å². The van der Waals surface area contributed by atoms with Gasteiger partial charge in [0.1, 0.15) is 5.82 Å². The molecule has 2 aromatic carbocycles. The van der Waals surface area contributed by atoms with Gasteiger partial charge in [-0.15, -0.1) is 0 Å². The second-order valence-corrected chi connectivity index (χ2v) is 4.91. The van der Waals surface area contributed by atoms with Gasteiger partial charge >= 0.3 is 6.18 Å². The van der Waals surface area contributed by atoms with Crippen LogP contribution in [0.5, 0.6) is 0 Å². The molecule has 4 N–H and O–H groups in total. The molecule has 0 aliphatic carbocycles. The second kappa shape index (κ2) is 4.91. The van der Waals surface area contributed by atoms with Gasteiger partial charge in [0.2, 0.25) is 0 Å². The van der Waals surface area contributed by atoms with Gasteiger partial charge in [-0.1, -0.05) is 24.3 Å². The molecule has 3 rings (SSSR count). The summed E-state index contributed by atoms with van der Waals surface area (Å²) in [4.78, 5) is 4.19. The summed E-state index contributed by atoms with van der Waals surface area (Å²) in [6, 6.07) is 11.8. The van der Waals surface area contributed by atoms with E-state index in [4.69, 9.17) is 11.5 Å². The number of hydrogen-bond acceptors (Lipinski definition) is 3. The standard InChI is InChI=1S/C16H12F3N3/c17-16(18,19)10-4-1-3-9(7-10)14-8-12-11(15(21)22-14)5-2-6-13(12)20/h1-8H,20H2,(H2,21,22). The smallest absolute Gasteiger partial charge is 0.398 e. The van der Waals surface area contributed by atoms with Gasteiger partial charge in [-0.3, -0.25) is 0 Å². The predicted octanol–water partition coefficient (Wildman–Crippen LogP) is 4.09. The summed E-state index contributed by atoms with van der Waals surface area (Å²) in [5, 5.41) is 1.35. The van der Waals surface area contributed by atoms with Crippen LogP contribution >= 0.6 is 0 Å². The number of anilines is 2. The largest absolute Gasteiger partial charge is 0.416 e. The Bertz CT molecular complexity index is 857. The summed E-state index contributed by atoms with van der Waals surface area (Å²) in [6.07, 6.45) is -4.41. The molecule has 22 heavy (non-hydrogen) atoms. The molecule has 6 heteroatoms. The van der Waals surface area contributed by atoms with Crippen molar-refractivity contribution >= 4 is 22.3 Å². The van der Waals surface area contributed by atoms with Gasteiger partial charge in [-0.05, 0) is 24.3 Å². The first-order valence-corrected chi connectivity index (χ1v) is 6.48. The van der Waals surface area contributed by atoms with Crippen molar-refractivity contribution in [1.29, 1.82) is 0 Å². The molecule has 0 fully saturated rings. The Hall–Kier alpha value is -2.76. The lowest BCUT2D eigenvalue weighted by atomic mass is 10.0. The number of benzene rings is 2. The van der Waals surface area contributed by atoms with Crippen molar-refractivity contribution in [3.63, 3.8) is 0 Å². The summed E-state index contributed by atoms with van der Waals surface area (Å²) < 4.78 is 38.4. The van der Waals surface area contributed by atoms with E-state index in [1.807, 2.05) is 0 Å². The first-order chi connectivity index (χ1) is 10.4. The fraction of sp³-hybridized carbons (Fsp3) is 0.0625. The Labute approximate surface area is 124 Å². The second-order valence-electron chi connectivity index (χ2n) is 4.91. The maximum atomic E-state index is 12.8. The van der Waals surface area contributed by atoms with Gasteiger partial charge in [0.15, 0.2) is 0 Å². The maximum Gasteiger partial charge on any atom is 0.416 e. The lowest BCUT2D eigenvalue weighted by molar-refractivity contribution is -0.137. The minimum Gasteiger partial charge on any atom is -0.398 e. The van der Waals surface area contributed by atoms with Gasteiger partial charge in [0.05, 0.1) is 11.3 Å². The molecule has 0 spiro atoms. The average molecular weight is 303 g/mol. The zero-order chi connectivity index (χ0) is 15.9. The molecule has 0 aliphatic rings. The summed E-state index contributed by atoms with van der Waals surface area (Å²) in [7, 11) is 0. The van der Waals surface area contributed by atoms with Gasteiger partial charge in [0.25, 0.3) is 0 Å². The lowest BCUT2D eigenvalue weighted by Crippen LogP contribution is -2.04. The van der Waals surface area contributed by atoms with Crippen LogP contribution in [0.4, 0.5) is 24.7 Å². The predicted molar refractivity (Wildman–Crippen MR) is 81.0 cm³/mol. The van der Waals surface area contributed by atoms with Crippen LogP contribution in [-0.2, 0) is 6.18 Å². The minimum absolute atomic E-state index is 0.234. The maximum absolute atomic E-state index is 12.8. The van der Waals surface area contributed by atoms with Crippen molar-refractivity contribution in [3.05, 3.63) is 54.1 Å². The van der Waals surface area contributed by atoms with Crippen molar-refractivity contribution in [2.24, 2.45) is 0 Å². The number of pyridine rings is 1. The minimum atomic E-state index is -4.41. The molecule has 0 unspecified atom stereocenters. The monoisotopic (exact) mass is 303 g/mol. The van der Waals surface area contributed by atoms with Crippen molar-refractivity contribution in [3.8, 4) is 11.3 Å². The van der Waals surface area contributed by atoms with Crippen LogP contribution in [0, 0.1) is 0 Å². The van der Waals surface area contributed by atoms with E-state index >= 15 is 0 Å². The molecule has 0 amide bonds. The molecule has 3 aromatic rings. The van der Waals surface area contributed by atoms with Crippen LogP contribution in [0.2, 0.25) is 0 Å². The number of halogens is 3. The quantitative estimate of drug-likeness (QED) is 0.666. The van der Waals surface area contributed by atoms with Crippen LogP contribution in [0.25, 0.3) is 22.0 Å². The summed E-state index contributed by atoms with van der Waals surface area (Å²) in [5.41, 5.74) is 12.3. The van der Waals surface area contributed by atoms with Crippen molar-refractivity contribution in [2.45, 2.75) is 6.18 Å². The Morgan fingerprint density at radius 1 is 0.864 bits per heavy atom. The van der Waals surface area contributed by atoms with Gasteiger partial charge in [-0.2, -0.15) is 13.2 Å². The van der Waals surface area contributed by atoms with Crippen LogP contribution in [0.15, 0.2) is 48.5 Å². The molecule has 0 saturated carbocycles. The molecule has 0 saturated heterocycles. The van der Waals surface area contributed by atoms with Crippen LogP contribution < -0.4 is 11.5 Å². The highest BCUT2D eigenvalue weighted by Gasteiger charge is 2.30. The molecule has 112 valence electrons. The number of fused-ring (bicyclic) bond motifs is 1. The average Bonchev–Trinajstić information content (AvgIpc) is 2.47. The number of nitrogens with two attached hydrogens (primary N) is 2. The van der Waals surface area contributed by atoms with Crippen molar-refractivity contribution in [1.82, 2.24) is 4.98 Å². The first kappa shape index (κ1) is 14.2. The third-order valence-corrected chi connectivity index (χ3v) is 3.42. The van der Waals surface area contributed by atoms with E-state index in [1.54, 1.807) is 30.3 Å². The van der Waals surface area contributed by atoms with Gasteiger partial charge in [0, 0.05) is 22.0 Å². The van der Waals surface area contributed by atoms with Gasteiger partial charge < -0.3 is 11.5 Å². The van der Waals surface area contributed by atoms with E-state index in [0.717, 1.165) is 12.1 Å². The Balaban J connectivity index is 2.21. The van der Waals surface area contributed by atoms with Gasteiger partial charge in [-0.25, -0.2) is 4.98 Å². The van der Waals surface area contributed by atoms with E-state index < -0.39 is 11.7 Å². The normalized spacial score (nSPS) is 11.8. The van der Waals surface area contributed by atoms with Crippen LogP contribution in [-0.4, -0.2) is 4.98 Å². The molecule has 1 heterocycles.